The van der Waals surface area contributed by atoms with Crippen molar-refractivity contribution in [3.05, 3.63) is 59.7 Å². The average Bonchev–Trinajstić information content (AvgIpc) is 3.52. The van der Waals surface area contributed by atoms with E-state index in [1.54, 1.807) is 42.3 Å². The third kappa shape index (κ3) is 4.34. The predicted octanol–water partition coefficient (Wildman–Crippen LogP) is 3.25. The molecule has 0 atom stereocenters. The van der Waals surface area contributed by atoms with Gasteiger partial charge in [0.25, 0.3) is 5.91 Å². The molecule has 2 N–H and O–H groups in total. The van der Waals surface area contributed by atoms with Crippen molar-refractivity contribution in [3.8, 4) is 5.75 Å². The van der Waals surface area contributed by atoms with Gasteiger partial charge in [0.15, 0.2) is 5.65 Å². The number of nitrogens with one attached hydrogen (secondary N) is 2. The van der Waals surface area contributed by atoms with Gasteiger partial charge >= 0.3 is 0 Å². The van der Waals surface area contributed by atoms with E-state index in [0.29, 0.717) is 34.3 Å². The Morgan fingerprint density at radius 3 is 2.62 bits per heavy atom. The van der Waals surface area contributed by atoms with Crippen molar-refractivity contribution >= 4 is 34.2 Å². The van der Waals surface area contributed by atoms with Crippen molar-refractivity contribution in [2.75, 3.05) is 17.7 Å². The quantitative estimate of drug-likeness (QED) is 0.438. The van der Waals surface area contributed by atoms with Gasteiger partial charge in [-0.2, -0.15) is 10.2 Å². The van der Waals surface area contributed by atoms with Crippen molar-refractivity contribution in [2.24, 2.45) is 7.05 Å². The number of carbonyl (C=O) groups excluding carboxylic acids is 2. The lowest BCUT2D eigenvalue weighted by Gasteiger charge is -2.08. The van der Waals surface area contributed by atoms with Crippen molar-refractivity contribution in [1.82, 2.24) is 24.5 Å². The molecule has 0 saturated heterocycles. The zero-order valence-electron chi connectivity index (χ0n) is 19.2. The van der Waals surface area contributed by atoms with Gasteiger partial charge in [0.2, 0.25) is 5.91 Å². The first-order valence-corrected chi connectivity index (χ1v) is 11.0. The molecule has 1 aliphatic carbocycles. The Bertz CT molecular complexity index is 1380. The summed E-state index contributed by atoms with van der Waals surface area (Å²) in [4.78, 5) is 30.3. The van der Waals surface area contributed by atoms with E-state index in [0.717, 1.165) is 29.6 Å². The average molecular weight is 460 g/mol. The van der Waals surface area contributed by atoms with Crippen molar-refractivity contribution in [2.45, 2.75) is 32.2 Å². The topological polar surface area (TPSA) is 116 Å². The minimum absolute atomic E-state index is 0.00887. The lowest BCUT2D eigenvalue weighted by Crippen LogP contribution is -2.19. The van der Waals surface area contributed by atoms with E-state index < -0.39 is 0 Å². The van der Waals surface area contributed by atoms with Crippen molar-refractivity contribution in [1.29, 1.82) is 0 Å². The number of methoxy groups -OCH3 is 1. The molecule has 0 spiro atoms. The largest absolute Gasteiger partial charge is 0.497 e. The Morgan fingerprint density at radius 2 is 1.91 bits per heavy atom. The second kappa shape index (κ2) is 8.62. The summed E-state index contributed by atoms with van der Waals surface area (Å²) in [5, 5.41) is 15.1. The highest BCUT2D eigenvalue weighted by Gasteiger charge is 2.28. The fourth-order valence-corrected chi connectivity index (χ4v) is 3.97. The molecule has 10 nitrogen and oxygen atoms in total. The molecule has 1 aliphatic rings. The van der Waals surface area contributed by atoms with Gasteiger partial charge in [-0.05, 0) is 50.1 Å². The molecule has 1 fully saturated rings. The van der Waals surface area contributed by atoms with E-state index in [1.165, 1.54) is 10.9 Å². The molecular weight excluding hydrogens is 434 g/mol. The van der Waals surface area contributed by atoms with Crippen LogP contribution in [-0.2, 0) is 18.4 Å². The molecule has 1 saturated carbocycles. The zero-order chi connectivity index (χ0) is 23.8. The number of aromatic nitrogens is 5. The fraction of sp³-hybridized carbons (Fsp3) is 0.292. The fourth-order valence-electron chi connectivity index (χ4n) is 3.97. The molecule has 34 heavy (non-hydrogen) atoms. The zero-order valence-corrected chi connectivity index (χ0v) is 19.2. The molecule has 0 unspecified atom stereocenters. The van der Waals surface area contributed by atoms with Gasteiger partial charge in [-0.25, -0.2) is 4.98 Å². The Hall–Kier alpha value is -4.21. The van der Waals surface area contributed by atoms with Gasteiger partial charge in [-0.3, -0.25) is 19.0 Å². The summed E-state index contributed by atoms with van der Waals surface area (Å²) in [5.41, 5.74) is 4.09. The number of aryl methyl sites for hydroxylation is 2. The minimum atomic E-state index is -0.257. The third-order valence-electron chi connectivity index (χ3n) is 5.80. The molecule has 4 aromatic rings. The smallest absolute Gasteiger partial charge is 0.256 e. The molecule has 3 aromatic heterocycles. The Kier molecular flexibility index (Phi) is 5.48. The number of ether oxygens (including phenoxy) is 1. The normalized spacial score (nSPS) is 13.1. The monoisotopic (exact) mass is 459 g/mol. The lowest BCUT2D eigenvalue weighted by molar-refractivity contribution is -0.116. The standard InChI is InChI=1S/C24H25N7O3/c1-14-22-19(10-20(15-4-5-15)28-23(22)30(2)29-14)24(33)27-17-11-25-31(12-17)13-21(32)26-16-6-8-18(34-3)9-7-16/h6-12,15H,4-5,13H2,1-3H3,(H,26,32)(H,27,33). The number of hydrogen-bond donors (Lipinski definition) is 2. The summed E-state index contributed by atoms with van der Waals surface area (Å²) in [7, 11) is 3.42. The first kappa shape index (κ1) is 21.6. The third-order valence-corrected chi connectivity index (χ3v) is 5.80. The summed E-state index contributed by atoms with van der Waals surface area (Å²) in [6, 6.07) is 8.93. The van der Waals surface area contributed by atoms with Crippen LogP contribution in [0.2, 0.25) is 0 Å². The van der Waals surface area contributed by atoms with E-state index in [9.17, 15) is 9.59 Å². The maximum Gasteiger partial charge on any atom is 0.256 e. The maximum atomic E-state index is 13.2. The van der Waals surface area contributed by atoms with Crippen LogP contribution in [0.3, 0.4) is 0 Å². The molecule has 0 radical (unpaired) electrons. The lowest BCUT2D eigenvalue weighted by atomic mass is 10.1. The van der Waals surface area contributed by atoms with Crippen LogP contribution in [0.25, 0.3) is 11.0 Å². The van der Waals surface area contributed by atoms with Gasteiger partial charge in [-0.15, -0.1) is 0 Å². The number of amides is 2. The second-order valence-corrected chi connectivity index (χ2v) is 8.43. The van der Waals surface area contributed by atoms with Crippen LogP contribution in [0.4, 0.5) is 11.4 Å². The molecule has 10 heteroatoms. The number of carbonyl (C=O) groups is 2. The highest BCUT2D eigenvalue weighted by atomic mass is 16.5. The van der Waals surface area contributed by atoms with Crippen LogP contribution in [0, 0.1) is 6.92 Å². The number of nitrogens with zero attached hydrogens (tertiary/aromatic N) is 5. The first-order valence-electron chi connectivity index (χ1n) is 11.0. The summed E-state index contributed by atoms with van der Waals surface area (Å²) >= 11 is 0. The molecule has 5 rings (SSSR count). The van der Waals surface area contributed by atoms with E-state index in [-0.39, 0.29) is 18.4 Å². The van der Waals surface area contributed by atoms with Gasteiger partial charge in [0.1, 0.15) is 12.3 Å². The van der Waals surface area contributed by atoms with Gasteiger partial charge in [0.05, 0.1) is 35.6 Å². The number of rotatable bonds is 7. The van der Waals surface area contributed by atoms with E-state index in [2.05, 4.69) is 20.8 Å². The molecular formula is C24H25N7O3. The van der Waals surface area contributed by atoms with Gasteiger partial charge < -0.3 is 15.4 Å². The molecule has 174 valence electrons. The maximum absolute atomic E-state index is 13.2. The van der Waals surface area contributed by atoms with Crippen LogP contribution < -0.4 is 15.4 Å². The molecule has 1 aromatic carbocycles. The summed E-state index contributed by atoms with van der Waals surface area (Å²) < 4.78 is 8.31. The van der Waals surface area contributed by atoms with Crippen LogP contribution in [0.15, 0.2) is 42.7 Å². The van der Waals surface area contributed by atoms with Crippen molar-refractivity contribution in [3.63, 3.8) is 0 Å². The molecule has 0 aliphatic heterocycles. The van der Waals surface area contributed by atoms with Crippen LogP contribution in [-0.4, -0.2) is 43.5 Å². The second-order valence-electron chi connectivity index (χ2n) is 8.43. The summed E-state index contributed by atoms with van der Waals surface area (Å²) in [6.45, 7) is 1.88. The van der Waals surface area contributed by atoms with Crippen molar-refractivity contribution < 1.29 is 14.3 Å². The molecule has 0 bridgehead atoms. The van der Waals surface area contributed by atoms with E-state index >= 15 is 0 Å². The van der Waals surface area contributed by atoms with Crippen LogP contribution in [0.1, 0.15) is 40.5 Å². The van der Waals surface area contributed by atoms with Crippen LogP contribution in [0.5, 0.6) is 5.75 Å². The highest BCUT2D eigenvalue weighted by molar-refractivity contribution is 6.12. The SMILES string of the molecule is COc1ccc(NC(=O)Cn2cc(NC(=O)c3cc(C4CC4)nc4c3c(C)nn4C)cn2)cc1. The van der Waals surface area contributed by atoms with Gasteiger partial charge in [0, 0.05) is 30.5 Å². The van der Waals surface area contributed by atoms with E-state index in [1.807, 2.05) is 20.0 Å². The first-order chi connectivity index (χ1) is 16.4. The Balaban J connectivity index is 1.29. The number of fused-ring (bicyclic) bond motifs is 1. The number of benzene rings is 1. The molecule has 3 heterocycles. The van der Waals surface area contributed by atoms with Crippen LogP contribution >= 0.6 is 0 Å². The Morgan fingerprint density at radius 1 is 1.15 bits per heavy atom. The number of anilines is 2. The number of hydrogen-bond acceptors (Lipinski definition) is 6. The predicted molar refractivity (Wildman–Crippen MR) is 127 cm³/mol. The van der Waals surface area contributed by atoms with E-state index in [4.69, 9.17) is 9.72 Å². The number of pyridine rings is 1. The molecule has 2 amide bonds. The summed E-state index contributed by atoms with van der Waals surface area (Å²) in [5.74, 6) is 0.621. The minimum Gasteiger partial charge on any atom is -0.497 e. The highest BCUT2D eigenvalue weighted by Crippen LogP contribution is 2.40. The van der Waals surface area contributed by atoms with Gasteiger partial charge in [-0.1, -0.05) is 0 Å². The summed E-state index contributed by atoms with van der Waals surface area (Å²) in [6.07, 6.45) is 5.32. The Labute approximate surface area is 195 Å².